The molecule has 0 spiro atoms. The van der Waals surface area contributed by atoms with E-state index < -0.39 is 17.3 Å². The van der Waals surface area contributed by atoms with Gasteiger partial charge in [0.2, 0.25) is 11.8 Å². The molecule has 2 amide bonds. The highest BCUT2D eigenvalue weighted by molar-refractivity contribution is 8.17. The van der Waals surface area contributed by atoms with Crippen molar-refractivity contribution in [3.8, 4) is 22.8 Å². The van der Waals surface area contributed by atoms with Crippen molar-refractivity contribution in [3.63, 3.8) is 0 Å². The number of halogens is 3. The first-order valence-electron chi connectivity index (χ1n) is 16.5. The zero-order valence-corrected chi connectivity index (χ0v) is 31.8. The van der Waals surface area contributed by atoms with E-state index in [1.807, 2.05) is 71.9 Å². The maximum absolute atomic E-state index is 13.7. The van der Waals surface area contributed by atoms with Crippen LogP contribution in [0.15, 0.2) is 77.0 Å². The van der Waals surface area contributed by atoms with E-state index in [9.17, 15) is 22.8 Å². The Hall–Kier alpha value is -4.63. The molecular formula is C37H40F3N7O3S2. The molecule has 1 unspecified atom stereocenters. The third kappa shape index (κ3) is 9.05. The average Bonchev–Trinajstić information content (AvgIpc) is 3.64. The molecule has 1 atom stereocenters. The summed E-state index contributed by atoms with van der Waals surface area (Å²) in [6.45, 7) is 13.3. The van der Waals surface area contributed by atoms with Gasteiger partial charge in [0.1, 0.15) is 18.2 Å². The lowest BCUT2D eigenvalue weighted by Crippen LogP contribution is -2.37. The predicted octanol–water partition coefficient (Wildman–Crippen LogP) is 8.13. The third-order valence-electron chi connectivity index (χ3n) is 8.41. The number of benzene rings is 3. The monoisotopic (exact) mass is 751 g/mol. The van der Waals surface area contributed by atoms with Crippen molar-refractivity contribution in [2.75, 3.05) is 17.7 Å². The van der Waals surface area contributed by atoms with Crippen LogP contribution in [-0.2, 0) is 16.0 Å². The summed E-state index contributed by atoms with van der Waals surface area (Å²) in [5.41, 5.74) is 6.06. The van der Waals surface area contributed by atoms with Gasteiger partial charge in [0, 0.05) is 26.0 Å². The second kappa shape index (κ2) is 15.5. The Labute approximate surface area is 309 Å². The molecule has 52 heavy (non-hydrogen) atoms. The van der Waals surface area contributed by atoms with Crippen LogP contribution in [0.2, 0.25) is 0 Å². The first-order chi connectivity index (χ1) is 24.5. The van der Waals surface area contributed by atoms with E-state index in [0.29, 0.717) is 34.0 Å². The quantitative estimate of drug-likeness (QED) is 0.126. The first kappa shape index (κ1) is 38.6. The summed E-state index contributed by atoms with van der Waals surface area (Å²) in [7, 11) is 1.70. The fourth-order valence-corrected chi connectivity index (χ4v) is 7.15. The largest absolute Gasteiger partial charge is 0.573 e. The van der Waals surface area contributed by atoms with Gasteiger partial charge in [0.15, 0.2) is 16.2 Å². The molecule has 4 aromatic rings. The number of hydrogen-bond donors (Lipinski definition) is 0. The van der Waals surface area contributed by atoms with Crippen LogP contribution >= 0.6 is 23.5 Å². The molecule has 5 rings (SSSR count). The third-order valence-corrected chi connectivity index (χ3v) is 10.3. The van der Waals surface area contributed by atoms with Crippen molar-refractivity contribution in [2.45, 2.75) is 72.2 Å². The molecule has 10 nitrogen and oxygen atoms in total. The number of likely N-dealkylation sites (N-methyl/N-ethyl adjacent to an activating group) is 1. The number of nitrogens with zero attached hydrogens (tertiary/aromatic N) is 7. The first-order valence-corrected chi connectivity index (χ1v) is 18.3. The number of aryl methyl sites for hydroxylation is 2. The number of amidine groups is 2. The van der Waals surface area contributed by atoms with Crippen LogP contribution in [0.3, 0.4) is 0 Å². The van der Waals surface area contributed by atoms with Crippen molar-refractivity contribution < 1.29 is 27.5 Å². The van der Waals surface area contributed by atoms with E-state index in [1.54, 1.807) is 16.8 Å². The minimum atomic E-state index is -4.77. The van der Waals surface area contributed by atoms with Crippen molar-refractivity contribution in [1.82, 2.24) is 19.7 Å². The number of rotatable bonds is 9. The Morgan fingerprint density at radius 2 is 1.75 bits per heavy atom. The summed E-state index contributed by atoms with van der Waals surface area (Å²) in [5, 5.41) is 5.48. The standard InChI is InChI=1S/C37H40F3N7O3S2/c1-9-51-34(43-35-47(33(49)36(6,7)52-35)30-19-22(2)18-23(3)24(30)4)42-31(45(8)25(5)48)20-26-10-12-27(13-11-26)32-41-21-46(44-32)28-14-16-29(17-15-28)50-37(38,39)40/h10-19,21,31H,9,20H2,1-8H3. The molecule has 0 saturated carbocycles. The smallest absolute Gasteiger partial charge is 0.406 e. The Morgan fingerprint density at radius 3 is 2.37 bits per heavy atom. The van der Waals surface area contributed by atoms with Crippen molar-refractivity contribution in [2.24, 2.45) is 9.98 Å². The summed E-state index contributed by atoms with van der Waals surface area (Å²) < 4.78 is 42.3. The highest BCUT2D eigenvalue weighted by Gasteiger charge is 2.46. The number of aromatic nitrogens is 3. The molecular weight excluding hydrogens is 712 g/mol. The zero-order chi connectivity index (χ0) is 38.0. The number of hydrogen-bond acceptors (Lipinski definition) is 8. The van der Waals surface area contributed by atoms with Gasteiger partial charge in [-0.05, 0) is 93.0 Å². The van der Waals surface area contributed by atoms with Gasteiger partial charge in [0.05, 0.1) is 16.1 Å². The molecule has 1 fully saturated rings. The number of carbonyl (C=O) groups excluding carboxylic acids is 2. The minimum Gasteiger partial charge on any atom is -0.406 e. The Bertz CT molecular complexity index is 2010. The highest BCUT2D eigenvalue weighted by Crippen LogP contribution is 2.42. The van der Waals surface area contributed by atoms with Crippen LogP contribution in [0.5, 0.6) is 5.75 Å². The Kier molecular flexibility index (Phi) is 11.5. The molecule has 0 aliphatic carbocycles. The molecule has 15 heteroatoms. The van der Waals surface area contributed by atoms with Gasteiger partial charge in [-0.25, -0.2) is 14.7 Å². The van der Waals surface area contributed by atoms with Gasteiger partial charge in [-0.1, -0.05) is 60.8 Å². The van der Waals surface area contributed by atoms with E-state index in [4.69, 9.17) is 9.98 Å². The van der Waals surface area contributed by atoms with Crippen molar-refractivity contribution >= 4 is 51.4 Å². The number of amides is 2. The van der Waals surface area contributed by atoms with Crippen LogP contribution in [0.25, 0.3) is 17.1 Å². The number of aliphatic imine (C=N–C) groups is 2. The topological polar surface area (TPSA) is 105 Å². The summed E-state index contributed by atoms with van der Waals surface area (Å²) in [6, 6.07) is 17.0. The molecule has 1 saturated heterocycles. The Balaban J connectivity index is 1.41. The van der Waals surface area contributed by atoms with Crippen LogP contribution < -0.4 is 9.64 Å². The normalized spacial score (nSPS) is 16.1. The number of alkyl halides is 3. The fourth-order valence-electron chi connectivity index (χ4n) is 5.45. The SMILES string of the molecule is CCSC(=NC(Cc1ccc(-c2ncn(-c3ccc(OC(F)(F)F)cc3)n2)cc1)N(C)C(C)=O)N=C1SC(C)(C)C(=O)N1c1cc(C)cc(C)c1C. The van der Waals surface area contributed by atoms with E-state index >= 15 is 0 Å². The van der Waals surface area contributed by atoms with Crippen LogP contribution in [0.1, 0.15) is 49.9 Å². The van der Waals surface area contributed by atoms with E-state index in [2.05, 4.69) is 20.9 Å². The molecule has 1 aliphatic rings. The van der Waals surface area contributed by atoms with Crippen LogP contribution in [0, 0.1) is 20.8 Å². The lowest BCUT2D eigenvalue weighted by Gasteiger charge is -2.25. The average molecular weight is 752 g/mol. The number of ether oxygens (including phenoxy) is 1. The van der Waals surface area contributed by atoms with Crippen LogP contribution in [-0.4, -0.2) is 71.9 Å². The fraction of sp³-hybridized carbons (Fsp3) is 0.351. The molecule has 0 N–H and O–H groups in total. The van der Waals surface area contributed by atoms with Gasteiger partial charge in [0.25, 0.3) is 0 Å². The summed E-state index contributed by atoms with van der Waals surface area (Å²) in [5.74, 6) is 0.548. The zero-order valence-electron chi connectivity index (χ0n) is 30.1. The molecule has 1 aliphatic heterocycles. The number of anilines is 1. The summed E-state index contributed by atoms with van der Waals surface area (Å²) >= 11 is 2.83. The van der Waals surface area contributed by atoms with E-state index in [-0.39, 0.29) is 17.6 Å². The number of thioether (sulfide) groups is 2. The molecule has 3 aromatic carbocycles. The van der Waals surface area contributed by atoms with Gasteiger partial charge < -0.3 is 9.64 Å². The van der Waals surface area contributed by atoms with Crippen molar-refractivity contribution in [3.05, 3.63) is 89.2 Å². The van der Waals surface area contributed by atoms with Crippen molar-refractivity contribution in [1.29, 1.82) is 0 Å². The Morgan fingerprint density at radius 1 is 1.08 bits per heavy atom. The van der Waals surface area contributed by atoms with Gasteiger partial charge in [-0.2, -0.15) is 4.99 Å². The lowest BCUT2D eigenvalue weighted by atomic mass is 10.0. The molecule has 1 aromatic heterocycles. The molecule has 274 valence electrons. The van der Waals surface area contributed by atoms with Crippen LogP contribution in [0.4, 0.5) is 18.9 Å². The second-order valence-corrected chi connectivity index (χ2v) is 15.6. The lowest BCUT2D eigenvalue weighted by molar-refractivity contribution is -0.274. The minimum absolute atomic E-state index is 0.0598. The van der Waals surface area contributed by atoms with Gasteiger partial charge in [-0.3, -0.25) is 14.5 Å². The van der Waals surface area contributed by atoms with E-state index in [1.165, 1.54) is 65.7 Å². The van der Waals surface area contributed by atoms with E-state index in [0.717, 1.165) is 33.5 Å². The molecule has 2 heterocycles. The predicted molar refractivity (Wildman–Crippen MR) is 202 cm³/mol. The van der Waals surface area contributed by atoms with Gasteiger partial charge in [-0.15, -0.1) is 18.3 Å². The summed E-state index contributed by atoms with van der Waals surface area (Å²) in [4.78, 5) is 44.0. The van der Waals surface area contributed by atoms with Gasteiger partial charge >= 0.3 is 6.36 Å². The maximum atomic E-state index is 13.7. The second-order valence-electron chi connectivity index (χ2n) is 12.8. The number of carbonyl (C=O) groups is 2. The maximum Gasteiger partial charge on any atom is 0.573 e. The molecule has 0 radical (unpaired) electrons. The highest BCUT2D eigenvalue weighted by atomic mass is 32.2. The summed E-state index contributed by atoms with van der Waals surface area (Å²) in [6.07, 6.45) is -3.50. The molecule has 0 bridgehead atoms.